The number of amides is 1. The molecule has 27 heavy (non-hydrogen) atoms. The molecule has 0 saturated carbocycles. The molecule has 2 aromatic carbocycles. The smallest absolute Gasteiger partial charge is 0.237 e. The summed E-state index contributed by atoms with van der Waals surface area (Å²) in [6, 6.07) is 19.3. The van der Waals surface area contributed by atoms with Gasteiger partial charge in [-0.15, -0.1) is 0 Å². The fourth-order valence-corrected chi connectivity index (χ4v) is 4.39. The maximum absolute atomic E-state index is 13.0. The van der Waals surface area contributed by atoms with Crippen molar-refractivity contribution in [3.63, 3.8) is 0 Å². The van der Waals surface area contributed by atoms with E-state index in [4.69, 9.17) is 0 Å². The number of likely N-dealkylation sites (N-methyl/N-ethyl adjacent to an activating group) is 1. The second kappa shape index (κ2) is 8.13. The zero-order chi connectivity index (χ0) is 18.6. The largest absolute Gasteiger partial charge is 0.371 e. The average molecular weight is 364 g/mol. The number of nitrogens with zero attached hydrogens (tertiary/aromatic N) is 2. The minimum absolute atomic E-state index is 0.0444. The number of anilines is 1. The fourth-order valence-electron chi connectivity index (χ4n) is 4.39. The monoisotopic (exact) mass is 363 g/mol. The maximum Gasteiger partial charge on any atom is 0.237 e. The molecule has 2 aromatic rings. The van der Waals surface area contributed by atoms with Crippen LogP contribution in [-0.2, 0) is 17.8 Å². The first-order valence-corrected chi connectivity index (χ1v) is 10.2. The van der Waals surface area contributed by atoms with Crippen molar-refractivity contribution in [3.8, 4) is 0 Å². The Kier molecular flexibility index (Phi) is 5.44. The van der Waals surface area contributed by atoms with Gasteiger partial charge in [0.15, 0.2) is 0 Å². The molecule has 0 spiro atoms. The highest BCUT2D eigenvalue weighted by Crippen LogP contribution is 2.24. The van der Waals surface area contributed by atoms with Crippen molar-refractivity contribution < 1.29 is 4.79 Å². The Hall–Kier alpha value is -2.33. The molecule has 142 valence electrons. The lowest BCUT2D eigenvalue weighted by Gasteiger charge is -2.38. The van der Waals surface area contributed by atoms with Gasteiger partial charge in [0, 0.05) is 31.4 Å². The molecule has 2 aliphatic heterocycles. The number of fused-ring (bicyclic) bond motifs is 1. The molecule has 0 unspecified atom stereocenters. The van der Waals surface area contributed by atoms with Crippen molar-refractivity contribution in [1.29, 1.82) is 0 Å². The number of hydrogen-bond acceptors (Lipinski definition) is 3. The summed E-state index contributed by atoms with van der Waals surface area (Å²) in [6.45, 7) is 5.92. The van der Waals surface area contributed by atoms with Crippen LogP contribution in [0.3, 0.4) is 0 Å². The SMILES string of the molecule is CCN1Cc2ccccc2C[C@@H]1C(=O)NC1CCN(c2ccccc2)CC1. The van der Waals surface area contributed by atoms with Crippen molar-refractivity contribution in [3.05, 3.63) is 65.7 Å². The minimum Gasteiger partial charge on any atom is -0.371 e. The lowest BCUT2D eigenvalue weighted by atomic mass is 9.93. The molecule has 1 N–H and O–H groups in total. The van der Waals surface area contributed by atoms with Crippen molar-refractivity contribution in [1.82, 2.24) is 10.2 Å². The van der Waals surface area contributed by atoms with Crippen LogP contribution in [0.4, 0.5) is 5.69 Å². The molecule has 4 nitrogen and oxygen atoms in total. The molecule has 2 heterocycles. The van der Waals surface area contributed by atoms with Crippen LogP contribution in [0.25, 0.3) is 0 Å². The summed E-state index contributed by atoms with van der Waals surface area (Å²) in [5.74, 6) is 0.199. The number of carbonyl (C=O) groups is 1. The minimum atomic E-state index is -0.0444. The van der Waals surface area contributed by atoms with Gasteiger partial charge in [-0.1, -0.05) is 49.4 Å². The molecule has 1 amide bonds. The molecule has 2 aliphatic rings. The normalized spacial score (nSPS) is 20.9. The van der Waals surface area contributed by atoms with Crippen molar-refractivity contribution in [2.45, 2.75) is 44.8 Å². The lowest BCUT2D eigenvalue weighted by Crippen LogP contribution is -2.54. The third-order valence-electron chi connectivity index (χ3n) is 6.02. The number of hydrogen-bond donors (Lipinski definition) is 1. The fraction of sp³-hybridized carbons (Fsp3) is 0.435. The summed E-state index contributed by atoms with van der Waals surface area (Å²) < 4.78 is 0. The Morgan fingerprint density at radius 1 is 1.00 bits per heavy atom. The highest BCUT2D eigenvalue weighted by molar-refractivity contribution is 5.82. The first-order valence-electron chi connectivity index (χ1n) is 10.2. The summed E-state index contributed by atoms with van der Waals surface area (Å²) in [7, 11) is 0. The molecule has 0 aromatic heterocycles. The second-order valence-corrected chi connectivity index (χ2v) is 7.66. The number of benzene rings is 2. The first kappa shape index (κ1) is 18.1. The summed E-state index contributed by atoms with van der Waals surface area (Å²) >= 11 is 0. The molecular weight excluding hydrogens is 334 g/mol. The van der Waals surface area contributed by atoms with Crippen LogP contribution < -0.4 is 10.2 Å². The van der Waals surface area contributed by atoms with Crippen molar-refractivity contribution in [2.75, 3.05) is 24.5 Å². The first-order chi connectivity index (χ1) is 13.2. The van der Waals surface area contributed by atoms with Crippen LogP contribution in [0.15, 0.2) is 54.6 Å². The van der Waals surface area contributed by atoms with E-state index < -0.39 is 0 Å². The number of rotatable bonds is 4. The third kappa shape index (κ3) is 4.01. The number of nitrogens with one attached hydrogen (secondary N) is 1. The Bertz CT molecular complexity index is 768. The van der Waals surface area contributed by atoms with E-state index in [1.165, 1.54) is 16.8 Å². The predicted molar refractivity (Wildman–Crippen MR) is 110 cm³/mol. The van der Waals surface area contributed by atoms with Gasteiger partial charge in [-0.05, 0) is 49.1 Å². The van der Waals surface area contributed by atoms with Gasteiger partial charge in [0.2, 0.25) is 5.91 Å². The topological polar surface area (TPSA) is 35.6 Å². The Morgan fingerprint density at radius 3 is 2.37 bits per heavy atom. The lowest BCUT2D eigenvalue weighted by molar-refractivity contribution is -0.127. The van der Waals surface area contributed by atoms with Crippen LogP contribution in [0, 0.1) is 0 Å². The molecular formula is C23H29N3O. The van der Waals surface area contributed by atoms with Gasteiger partial charge in [-0.25, -0.2) is 0 Å². The molecule has 0 radical (unpaired) electrons. The summed E-state index contributed by atoms with van der Waals surface area (Å²) in [6.07, 6.45) is 2.84. The zero-order valence-corrected chi connectivity index (χ0v) is 16.1. The molecule has 0 aliphatic carbocycles. The predicted octanol–water partition coefficient (Wildman–Crippen LogP) is 3.22. The van der Waals surface area contributed by atoms with E-state index in [-0.39, 0.29) is 18.0 Å². The van der Waals surface area contributed by atoms with Gasteiger partial charge < -0.3 is 10.2 Å². The maximum atomic E-state index is 13.0. The molecule has 1 atom stereocenters. The van der Waals surface area contributed by atoms with Crippen LogP contribution in [0.1, 0.15) is 30.9 Å². The Morgan fingerprint density at radius 2 is 1.67 bits per heavy atom. The van der Waals surface area contributed by atoms with E-state index >= 15 is 0 Å². The molecule has 0 bridgehead atoms. The van der Waals surface area contributed by atoms with Crippen LogP contribution in [-0.4, -0.2) is 42.5 Å². The van der Waals surface area contributed by atoms with Crippen LogP contribution in [0.2, 0.25) is 0 Å². The molecule has 4 heteroatoms. The molecule has 1 saturated heterocycles. The van der Waals surface area contributed by atoms with Gasteiger partial charge in [-0.2, -0.15) is 0 Å². The summed E-state index contributed by atoms with van der Waals surface area (Å²) in [4.78, 5) is 17.7. The second-order valence-electron chi connectivity index (χ2n) is 7.66. The number of piperidine rings is 1. The van der Waals surface area contributed by atoms with Crippen LogP contribution >= 0.6 is 0 Å². The molecule has 4 rings (SSSR count). The quantitative estimate of drug-likeness (QED) is 0.906. The summed E-state index contributed by atoms with van der Waals surface area (Å²) in [5, 5.41) is 3.35. The van der Waals surface area contributed by atoms with Crippen LogP contribution in [0.5, 0.6) is 0 Å². The van der Waals surface area contributed by atoms with Gasteiger partial charge in [0.05, 0.1) is 6.04 Å². The standard InChI is InChI=1S/C23H29N3O/c1-2-25-17-19-9-7-6-8-18(19)16-22(25)23(27)24-20-12-14-26(15-13-20)21-10-4-3-5-11-21/h3-11,20,22H,2,12-17H2,1H3,(H,24,27)/t22-/m1/s1. The van der Waals surface area contributed by atoms with E-state index in [2.05, 4.69) is 76.6 Å². The van der Waals surface area contributed by atoms with Gasteiger partial charge in [0.25, 0.3) is 0 Å². The zero-order valence-electron chi connectivity index (χ0n) is 16.1. The van der Waals surface area contributed by atoms with E-state index in [0.717, 1.165) is 45.4 Å². The third-order valence-corrected chi connectivity index (χ3v) is 6.02. The van der Waals surface area contributed by atoms with Crippen molar-refractivity contribution in [2.24, 2.45) is 0 Å². The highest BCUT2D eigenvalue weighted by Gasteiger charge is 2.32. The Balaban J connectivity index is 1.35. The van der Waals surface area contributed by atoms with Crippen molar-refractivity contribution >= 4 is 11.6 Å². The van der Waals surface area contributed by atoms with Gasteiger partial charge in [0.1, 0.15) is 0 Å². The Labute approximate surface area is 162 Å². The van der Waals surface area contributed by atoms with Gasteiger partial charge in [-0.3, -0.25) is 9.69 Å². The average Bonchev–Trinajstić information content (AvgIpc) is 2.74. The highest BCUT2D eigenvalue weighted by atomic mass is 16.2. The van der Waals surface area contributed by atoms with E-state index in [0.29, 0.717) is 0 Å². The van der Waals surface area contributed by atoms with E-state index in [1.807, 2.05) is 0 Å². The molecule has 1 fully saturated rings. The van der Waals surface area contributed by atoms with E-state index in [9.17, 15) is 4.79 Å². The van der Waals surface area contributed by atoms with E-state index in [1.54, 1.807) is 0 Å². The number of carbonyl (C=O) groups excluding carboxylic acids is 1. The summed E-state index contributed by atoms with van der Waals surface area (Å²) in [5.41, 5.74) is 3.96. The number of para-hydroxylation sites is 1. The van der Waals surface area contributed by atoms with Gasteiger partial charge >= 0.3 is 0 Å².